The van der Waals surface area contributed by atoms with E-state index in [2.05, 4.69) is 20.9 Å². The predicted octanol–water partition coefficient (Wildman–Crippen LogP) is 2.80. The molecule has 0 aromatic carbocycles. The lowest BCUT2D eigenvalue weighted by molar-refractivity contribution is 0.693. The molecule has 1 N–H and O–H groups in total. The molecule has 1 aliphatic rings. The van der Waals surface area contributed by atoms with Gasteiger partial charge in [-0.2, -0.15) is 0 Å². The van der Waals surface area contributed by atoms with Crippen LogP contribution >= 0.6 is 15.9 Å². The predicted molar refractivity (Wildman–Crippen MR) is 56.0 cm³/mol. The molecule has 3 heteroatoms. The van der Waals surface area contributed by atoms with E-state index in [-0.39, 0.29) is 5.56 Å². The lowest BCUT2D eigenvalue weighted by Gasteiger charge is -2.08. The fourth-order valence-corrected chi connectivity index (χ4v) is 2.18. The van der Waals surface area contributed by atoms with E-state index < -0.39 is 0 Å². The van der Waals surface area contributed by atoms with Crippen LogP contribution in [0.5, 0.6) is 0 Å². The van der Waals surface area contributed by atoms with Crippen LogP contribution in [0.25, 0.3) is 0 Å². The van der Waals surface area contributed by atoms with Crippen molar-refractivity contribution in [2.45, 2.75) is 31.6 Å². The number of aromatic nitrogens is 1. The number of nitrogens with one attached hydrogen (secondary N) is 1. The van der Waals surface area contributed by atoms with Crippen LogP contribution in [0.2, 0.25) is 0 Å². The second-order valence-electron chi connectivity index (χ2n) is 3.57. The minimum atomic E-state index is -0.00981. The molecule has 1 saturated carbocycles. The van der Waals surface area contributed by atoms with Crippen LogP contribution in [0.15, 0.2) is 21.4 Å². The van der Waals surface area contributed by atoms with Gasteiger partial charge >= 0.3 is 0 Å². The molecule has 0 atom stereocenters. The molecular formula is C10H12BrNO. The zero-order valence-electron chi connectivity index (χ0n) is 7.35. The van der Waals surface area contributed by atoms with Gasteiger partial charge in [0.1, 0.15) is 0 Å². The molecule has 0 aliphatic heterocycles. The highest BCUT2D eigenvalue weighted by atomic mass is 79.9. The summed E-state index contributed by atoms with van der Waals surface area (Å²) < 4.78 is 0.620. The summed E-state index contributed by atoms with van der Waals surface area (Å²) in [5.41, 5.74) is 1.09. The Hall–Kier alpha value is -0.570. The van der Waals surface area contributed by atoms with E-state index in [0.717, 1.165) is 5.69 Å². The maximum Gasteiger partial charge on any atom is 0.262 e. The van der Waals surface area contributed by atoms with E-state index in [1.807, 2.05) is 12.1 Å². The summed E-state index contributed by atoms with van der Waals surface area (Å²) >= 11 is 3.19. The van der Waals surface area contributed by atoms with Crippen LogP contribution in [0.3, 0.4) is 0 Å². The van der Waals surface area contributed by atoms with E-state index in [9.17, 15) is 4.79 Å². The zero-order chi connectivity index (χ0) is 9.26. The molecule has 70 valence electrons. The second kappa shape index (κ2) is 3.66. The van der Waals surface area contributed by atoms with Gasteiger partial charge in [-0.1, -0.05) is 12.8 Å². The lowest BCUT2D eigenvalue weighted by atomic mass is 10.0. The van der Waals surface area contributed by atoms with Crippen molar-refractivity contribution in [1.29, 1.82) is 0 Å². The van der Waals surface area contributed by atoms with Crippen molar-refractivity contribution < 1.29 is 0 Å². The SMILES string of the molecule is O=c1[nH]c(C2CCCC2)ccc1Br. The van der Waals surface area contributed by atoms with Crippen LogP contribution in [-0.4, -0.2) is 4.98 Å². The van der Waals surface area contributed by atoms with Gasteiger partial charge in [0.2, 0.25) is 0 Å². The molecule has 2 rings (SSSR count). The molecule has 0 saturated heterocycles. The van der Waals surface area contributed by atoms with Crippen molar-refractivity contribution in [2.75, 3.05) is 0 Å². The van der Waals surface area contributed by atoms with Crippen molar-refractivity contribution in [3.05, 3.63) is 32.7 Å². The molecule has 1 fully saturated rings. The number of hydrogen-bond donors (Lipinski definition) is 1. The molecule has 0 radical (unpaired) electrons. The normalized spacial score (nSPS) is 17.9. The highest BCUT2D eigenvalue weighted by Gasteiger charge is 2.17. The summed E-state index contributed by atoms with van der Waals surface area (Å²) in [4.78, 5) is 14.2. The number of rotatable bonds is 1. The molecule has 2 nitrogen and oxygen atoms in total. The Labute approximate surface area is 85.5 Å². The summed E-state index contributed by atoms with van der Waals surface area (Å²) in [6.45, 7) is 0. The van der Waals surface area contributed by atoms with Crippen LogP contribution in [0.1, 0.15) is 37.3 Å². The lowest BCUT2D eigenvalue weighted by Crippen LogP contribution is -2.10. The number of halogens is 1. The molecule has 0 spiro atoms. The van der Waals surface area contributed by atoms with Crippen molar-refractivity contribution in [3.8, 4) is 0 Å². The highest BCUT2D eigenvalue weighted by molar-refractivity contribution is 9.10. The Morgan fingerprint density at radius 1 is 1.31 bits per heavy atom. The van der Waals surface area contributed by atoms with Crippen molar-refractivity contribution in [1.82, 2.24) is 4.98 Å². The fraction of sp³-hybridized carbons (Fsp3) is 0.500. The Balaban J connectivity index is 2.30. The van der Waals surface area contributed by atoms with Crippen LogP contribution < -0.4 is 5.56 Å². The van der Waals surface area contributed by atoms with Gasteiger partial charge in [-0.3, -0.25) is 4.79 Å². The molecular weight excluding hydrogens is 230 g/mol. The number of hydrogen-bond acceptors (Lipinski definition) is 1. The first-order valence-corrected chi connectivity index (χ1v) is 5.45. The van der Waals surface area contributed by atoms with Gasteiger partial charge in [-0.25, -0.2) is 0 Å². The molecule has 1 aromatic rings. The largest absolute Gasteiger partial charge is 0.325 e. The fourth-order valence-electron chi connectivity index (χ4n) is 1.95. The molecule has 1 heterocycles. The second-order valence-corrected chi connectivity index (χ2v) is 4.43. The Morgan fingerprint density at radius 3 is 2.62 bits per heavy atom. The van der Waals surface area contributed by atoms with E-state index in [1.165, 1.54) is 25.7 Å². The smallest absolute Gasteiger partial charge is 0.262 e. The van der Waals surface area contributed by atoms with Gasteiger partial charge in [-0.15, -0.1) is 0 Å². The van der Waals surface area contributed by atoms with Gasteiger partial charge in [-0.05, 0) is 46.8 Å². The molecule has 1 aliphatic carbocycles. The van der Waals surface area contributed by atoms with Gasteiger partial charge in [0.05, 0.1) is 4.47 Å². The van der Waals surface area contributed by atoms with Crippen molar-refractivity contribution in [3.63, 3.8) is 0 Å². The average molecular weight is 242 g/mol. The van der Waals surface area contributed by atoms with Crippen LogP contribution in [0, 0.1) is 0 Å². The first kappa shape index (κ1) is 9.00. The van der Waals surface area contributed by atoms with Crippen LogP contribution in [-0.2, 0) is 0 Å². The van der Waals surface area contributed by atoms with Crippen LogP contribution in [0.4, 0.5) is 0 Å². The third-order valence-electron chi connectivity index (χ3n) is 2.68. The third-order valence-corrected chi connectivity index (χ3v) is 3.30. The van der Waals surface area contributed by atoms with Gasteiger partial charge in [0.15, 0.2) is 0 Å². The minimum absolute atomic E-state index is 0.00981. The van der Waals surface area contributed by atoms with E-state index in [4.69, 9.17) is 0 Å². The summed E-state index contributed by atoms with van der Waals surface area (Å²) in [7, 11) is 0. The van der Waals surface area contributed by atoms with Crippen molar-refractivity contribution >= 4 is 15.9 Å². The average Bonchev–Trinajstić information content (AvgIpc) is 2.62. The Kier molecular flexibility index (Phi) is 2.54. The Morgan fingerprint density at radius 2 is 2.00 bits per heavy atom. The molecule has 0 unspecified atom stereocenters. The molecule has 1 aromatic heterocycles. The monoisotopic (exact) mass is 241 g/mol. The summed E-state index contributed by atoms with van der Waals surface area (Å²) in [6, 6.07) is 3.86. The van der Waals surface area contributed by atoms with Gasteiger partial charge < -0.3 is 4.98 Å². The Bertz CT molecular complexity index is 352. The van der Waals surface area contributed by atoms with Gasteiger partial charge in [0, 0.05) is 5.69 Å². The summed E-state index contributed by atoms with van der Waals surface area (Å²) in [6.07, 6.45) is 5.03. The standard InChI is InChI=1S/C10H12BrNO/c11-8-5-6-9(12-10(8)13)7-3-1-2-4-7/h5-7H,1-4H2,(H,12,13). The quantitative estimate of drug-likeness (QED) is 0.806. The van der Waals surface area contributed by atoms with Crippen molar-refractivity contribution in [2.24, 2.45) is 0 Å². The first-order chi connectivity index (χ1) is 6.27. The van der Waals surface area contributed by atoms with E-state index in [1.54, 1.807) is 0 Å². The maximum atomic E-state index is 11.3. The van der Waals surface area contributed by atoms with E-state index in [0.29, 0.717) is 10.4 Å². The van der Waals surface area contributed by atoms with Gasteiger partial charge in [0.25, 0.3) is 5.56 Å². The summed E-state index contributed by atoms with van der Waals surface area (Å²) in [5.74, 6) is 0.584. The van der Waals surface area contributed by atoms with E-state index >= 15 is 0 Å². The number of H-pyrrole nitrogens is 1. The topological polar surface area (TPSA) is 32.9 Å². The zero-order valence-corrected chi connectivity index (χ0v) is 8.93. The third kappa shape index (κ3) is 1.85. The highest BCUT2D eigenvalue weighted by Crippen LogP contribution is 2.32. The summed E-state index contributed by atoms with van der Waals surface area (Å²) in [5, 5.41) is 0. The number of pyridine rings is 1. The molecule has 0 amide bonds. The number of aromatic amines is 1. The maximum absolute atomic E-state index is 11.3. The minimum Gasteiger partial charge on any atom is -0.325 e. The first-order valence-electron chi connectivity index (χ1n) is 4.66. The molecule has 0 bridgehead atoms. The molecule has 13 heavy (non-hydrogen) atoms.